The van der Waals surface area contributed by atoms with E-state index in [1.165, 1.54) is 0 Å². The van der Waals surface area contributed by atoms with Crippen LogP contribution in [0.4, 0.5) is 5.69 Å². The molecule has 0 aliphatic carbocycles. The zero-order valence-electron chi connectivity index (χ0n) is 11.0. The molecule has 0 atom stereocenters. The first-order chi connectivity index (χ1) is 9.10. The summed E-state index contributed by atoms with van der Waals surface area (Å²) in [6, 6.07) is 13.7. The molecule has 2 aromatic carbocycles. The van der Waals surface area contributed by atoms with E-state index in [4.69, 9.17) is 0 Å². The minimum atomic E-state index is 0.135. The number of halogens is 1. The highest BCUT2D eigenvalue weighted by Crippen LogP contribution is 2.20. The first-order valence-corrected chi connectivity index (χ1v) is 6.95. The van der Waals surface area contributed by atoms with Gasteiger partial charge in [0.2, 0.25) is 0 Å². The van der Waals surface area contributed by atoms with Crippen molar-refractivity contribution in [3.05, 3.63) is 63.6 Å². The van der Waals surface area contributed by atoms with Crippen LogP contribution in [0.5, 0.6) is 0 Å². The van der Waals surface area contributed by atoms with E-state index in [2.05, 4.69) is 21.2 Å². The molecule has 0 amide bonds. The summed E-state index contributed by atoms with van der Waals surface area (Å²) in [5.74, 6) is 0.135. The first kappa shape index (κ1) is 13.8. The van der Waals surface area contributed by atoms with Crippen molar-refractivity contribution in [3.8, 4) is 0 Å². The summed E-state index contributed by atoms with van der Waals surface area (Å²) in [4.78, 5) is 12.4. The van der Waals surface area contributed by atoms with Crippen molar-refractivity contribution < 1.29 is 4.79 Å². The molecule has 0 heterocycles. The van der Waals surface area contributed by atoms with Crippen molar-refractivity contribution in [1.82, 2.24) is 0 Å². The zero-order chi connectivity index (χ0) is 13.8. The van der Waals surface area contributed by atoms with E-state index in [-0.39, 0.29) is 5.78 Å². The van der Waals surface area contributed by atoms with Crippen LogP contribution in [0.15, 0.2) is 46.9 Å². The monoisotopic (exact) mass is 317 g/mol. The lowest BCUT2D eigenvalue weighted by atomic mass is 10.00. The Bertz CT molecular complexity index is 590. The Morgan fingerprint density at radius 1 is 1.16 bits per heavy atom. The predicted molar refractivity (Wildman–Crippen MR) is 82.9 cm³/mol. The largest absolute Gasteiger partial charge is 0.388 e. The van der Waals surface area contributed by atoms with Gasteiger partial charge in [0.1, 0.15) is 0 Å². The summed E-state index contributed by atoms with van der Waals surface area (Å²) in [6.07, 6.45) is 0.422. The molecule has 0 spiro atoms. The molecule has 0 bridgehead atoms. The van der Waals surface area contributed by atoms with E-state index in [1.54, 1.807) is 0 Å². The average Bonchev–Trinajstić information content (AvgIpc) is 2.41. The predicted octanol–water partition coefficient (Wildman–Crippen LogP) is 4.22. The molecular formula is C16H16BrNO. The molecule has 0 aliphatic rings. The third-order valence-electron chi connectivity index (χ3n) is 3.02. The van der Waals surface area contributed by atoms with Crippen LogP contribution in [0.1, 0.15) is 21.5 Å². The second-order valence-corrected chi connectivity index (χ2v) is 5.44. The van der Waals surface area contributed by atoms with Gasteiger partial charge in [-0.1, -0.05) is 39.7 Å². The molecule has 2 nitrogen and oxygen atoms in total. The number of rotatable bonds is 4. The first-order valence-electron chi connectivity index (χ1n) is 6.16. The number of carbonyl (C=O) groups excluding carboxylic acids is 1. The number of Topliss-reactive ketones (excluding diaryl/α,β-unsaturated/α-hetero) is 1. The Morgan fingerprint density at radius 3 is 2.47 bits per heavy atom. The maximum atomic E-state index is 12.4. The normalized spacial score (nSPS) is 10.3. The highest BCUT2D eigenvalue weighted by atomic mass is 79.9. The van der Waals surface area contributed by atoms with Gasteiger partial charge in [-0.25, -0.2) is 0 Å². The lowest BCUT2D eigenvalue weighted by molar-refractivity contribution is 0.0993. The maximum Gasteiger partial charge on any atom is 0.169 e. The molecule has 98 valence electrons. The number of nitrogens with one attached hydrogen (secondary N) is 1. The van der Waals surface area contributed by atoms with Gasteiger partial charge in [0.05, 0.1) is 0 Å². The SMILES string of the molecule is CNc1ccc(C)cc1C(=O)Cc1ccc(Br)cc1. The third kappa shape index (κ3) is 3.44. The van der Waals surface area contributed by atoms with Crippen molar-refractivity contribution in [2.24, 2.45) is 0 Å². The van der Waals surface area contributed by atoms with Crippen molar-refractivity contribution in [2.75, 3.05) is 12.4 Å². The van der Waals surface area contributed by atoms with Gasteiger partial charge < -0.3 is 5.32 Å². The molecule has 0 saturated carbocycles. The van der Waals surface area contributed by atoms with E-state index in [9.17, 15) is 4.79 Å². The van der Waals surface area contributed by atoms with Gasteiger partial charge in [0, 0.05) is 29.2 Å². The summed E-state index contributed by atoms with van der Waals surface area (Å²) in [5.41, 5.74) is 3.76. The molecule has 2 rings (SSSR count). The van der Waals surface area contributed by atoms with E-state index in [1.807, 2.05) is 56.4 Å². The van der Waals surface area contributed by atoms with Crippen molar-refractivity contribution >= 4 is 27.4 Å². The Labute approximate surface area is 122 Å². The summed E-state index contributed by atoms with van der Waals surface area (Å²) >= 11 is 3.39. The number of carbonyl (C=O) groups is 1. The minimum absolute atomic E-state index is 0.135. The molecule has 0 saturated heterocycles. The molecule has 0 radical (unpaired) electrons. The maximum absolute atomic E-state index is 12.4. The zero-order valence-corrected chi connectivity index (χ0v) is 12.6. The molecule has 0 fully saturated rings. The van der Waals surface area contributed by atoms with Gasteiger partial charge in [-0.3, -0.25) is 4.79 Å². The van der Waals surface area contributed by atoms with Crippen LogP contribution in [0.2, 0.25) is 0 Å². The number of aryl methyl sites for hydroxylation is 1. The van der Waals surface area contributed by atoms with Crippen molar-refractivity contribution in [1.29, 1.82) is 0 Å². The highest BCUT2D eigenvalue weighted by Gasteiger charge is 2.11. The second kappa shape index (κ2) is 6.02. The molecular weight excluding hydrogens is 302 g/mol. The van der Waals surface area contributed by atoms with Gasteiger partial charge in [-0.15, -0.1) is 0 Å². The number of benzene rings is 2. The topological polar surface area (TPSA) is 29.1 Å². The van der Waals surface area contributed by atoms with Gasteiger partial charge in [-0.2, -0.15) is 0 Å². The second-order valence-electron chi connectivity index (χ2n) is 4.53. The number of hydrogen-bond acceptors (Lipinski definition) is 2. The number of hydrogen-bond donors (Lipinski definition) is 1. The summed E-state index contributed by atoms with van der Waals surface area (Å²) in [5, 5.41) is 3.07. The molecule has 3 heteroatoms. The smallest absolute Gasteiger partial charge is 0.169 e. The van der Waals surface area contributed by atoms with E-state index >= 15 is 0 Å². The minimum Gasteiger partial charge on any atom is -0.388 e. The summed E-state index contributed by atoms with van der Waals surface area (Å²) < 4.78 is 1.02. The van der Waals surface area contributed by atoms with E-state index in [0.29, 0.717) is 6.42 Å². The van der Waals surface area contributed by atoms with E-state index < -0.39 is 0 Å². The Morgan fingerprint density at radius 2 is 1.84 bits per heavy atom. The third-order valence-corrected chi connectivity index (χ3v) is 3.55. The van der Waals surface area contributed by atoms with Gasteiger partial charge >= 0.3 is 0 Å². The molecule has 0 aliphatic heterocycles. The van der Waals surface area contributed by atoms with Crippen LogP contribution in [-0.2, 0) is 6.42 Å². The molecule has 2 aromatic rings. The fourth-order valence-electron chi connectivity index (χ4n) is 1.99. The molecule has 0 unspecified atom stereocenters. The van der Waals surface area contributed by atoms with Crippen LogP contribution >= 0.6 is 15.9 Å². The van der Waals surface area contributed by atoms with Crippen LogP contribution < -0.4 is 5.32 Å². The summed E-state index contributed by atoms with van der Waals surface area (Å²) in [6.45, 7) is 2.00. The summed E-state index contributed by atoms with van der Waals surface area (Å²) in [7, 11) is 1.83. The van der Waals surface area contributed by atoms with Crippen molar-refractivity contribution in [2.45, 2.75) is 13.3 Å². The van der Waals surface area contributed by atoms with Gasteiger partial charge in [0.25, 0.3) is 0 Å². The van der Waals surface area contributed by atoms with E-state index in [0.717, 1.165) is 26.9 Å². The van der Waals surface area contributed by atoms with Gasteiger partial charge in [-0.05, 0) is 36.8 Å². The van der Waals surface area contributed by atoms with Crippen LogP contribution in [0, 0.1) is 6.92 Å². The molecule has 1 N–H and O–H groups in total. The van der Waals surface area contributed by atoms with Gasteiger partial charge in [0.15, 0.2) is 5.78 Å². The fraction of sp³-hybridized carbons (Fsp3) is 0.188. The number of anilines is 1. The van der Waals surface area contributed by atoms with Crippen LogP contribution in [0.25, 0.3) is 0 Å². The standard InChI is InChI=1S/C16H16BrNO/c1-11-3-8-15(18-2)14(9-11)16(19)10-12-4-6-13(17)7-5-12/h3-9,18H,10H2,1-2H3. The molecule has 0 aromatic heterocycles. The Balaban J connectivity index is 2.24. The quantitative estimate of drug-likeness (QED) is 0.855. The number of ketones is 1. The average molecular weight is 318 g/mol. The van der Waals surface area contributed by atoms with Crippen molar-refractivity contribution in [3.63, 3.8) is 0 Å². The Hall–Kier alpha value is -1.61. The molecule has 19 heavy (non-hydrogen) atoms. The highest BCUT2D eigenvalue weighted by molar-refractivity contribution is 9.10. The fourth-order valence-corrected chi connectivity index (χ4v) is 2.25. The van der Waals surface area contributed by atoms with Crippen LogP contribution in [-0.4, -0.2) is 12.8 Å². The lowest BCUT2D eigenvalue weighted by Crippen LogP contribution is -2.07. The Kier molecular flexibility index (Phi) is 4.38. The van der Waals surface area contributed by atoms with Crippen LogP contribution in [0.3, 0.4) is 0 Å². The lowest BCUT2D eigenvalue weighted by Gasteiger charge is -2.09.